The van der Waals surface area contributed by atoms with E-state index in [9.17, 15) is 4.79 Å². The minimum atomic E-state index is -0.341. The first-order valence-electron chi connectivity index (χ1n) is 11.7. The predicted molar refractivity (Wildman–Crippen MR) is 141 cm³/mol. The molecule has 0 bridgehead atoms. The van der Waals surface area contributed by atoms with Gasteiger partial charge in [0.05, 0.1) is 18.4 Å². The lowest BCUT2D eigenvalue weighted by atomic mass is 10.1. The van der Waals surface area contributed by atoms with Gasteiger partial charge < -0.3 is 15.6 Å². The molecule has 1 fully saturated rings. The Hall–Kier alpha value is -4.72. The first-order chi connectivity index (χ1) is 17.6. The van der Waals surface area contributed by atoms with Crippen LogP contribution in [0, 0.1) is 10.8 Å². The molecular weight excluding hydrogens is 450 g/mol. The van der Waals surface area contributed by atoms with Crippen molar-refractivity contribution in [1.29, 1.82) is 10.8 Å². The smallest absolute Gasteiger partial charge is 0.274 e. The number of hydrogen-bond acceptors (Lipinski definition) is 6. The van der Waals surface area contributed by atoms with Crippen LogP contribution in [0.3, 0.4) is 0 Å². The van der Waals surface area contributed by atoms with Crippen molar-refractivity contribution in [3.8, 4) is 11.1 Å². The molecule has 3 N–H and O–H groups in total. The molecule has 1 aromatic carbocycles. The maximum atomic E-state index is 13.0. The summed E-state index contributed by atoms with van der Waals surface area (Å²) in [5.74, 6) is 0.452. The Labute approximate surface area is 209 Å². The van der Waals surface area contributed by atoms with Gasteiger partial charge in [-0.1, -0.05) is 18.2 Å². The number of amides is 1. The molecule has 8 nitrogen and oxygen atoms in total. The fourth-order valence-corrected chi connectivity index (χ4v) is 3.96. The van der Waals surface area contributed by atoms with Gasteiger partial charge in [0.2, 0.25) is 0 Å². The Bertz CT molecular complexity index is 1400. The van der Waals surface area contributed by atoms with E-state index in [4.69, 9.17) is 10.8 Å². The van der Waals surface area contributed by atoms with Crippen LogP contribution in [0.2, 0.25) is 0 Å². The van der Waals surface area contributed by atoms with Crippen LogP contribution in [0.1, 0.15) is 40.5 Å². The van der Waals surface area contributed by atoms with Gasteiger partial charge in [-0.25, -0.2) is 0 Å². The normalized spacial score (nSPS) is 12.6. The predicted octanol–water partition coefficient (Wildman–Crippen LogP) is 5.15. The number of rotatable bonds is 8. The molecule has 1 aliphatic carbocycles. The molecule has 3 heterocycles. The molecule has 0 radical (unpaired) electrons. The van der Waals surface area contributed by atoms with Crippen molar-refractivity contribution in [3.05, 3.63) is 102 Å². The third-order valence-corrected chi connectivity index (χ3v) is 6.00. The van der Waals surface area contributed by atoms with Gasteiger partial charge in [-0.05, 0) is 60.9 Å². The highest BCUT2D eigenvalue weighted by Crippen LogP contribution is 2.39. The van der Waals surface area contributed by atoms with E-state index in [0.717, 1.165) is 16.8 Å². The van der Waals surface area contributed by atoms with Crippen molar-refractivity contribution in [2.45, 2.75) is 18.8 Å². The standard InChI is InChI=1S/C28H25N7O/c29-11-14-35(24-5-2-12-31-18-24)27(30)21-3-1-4-23(15-21)34-28(36)26-16-20(10-13-32-26)22-8-9-25(33-17-22)19-6-7-19/h1-5,8-13,15-19,29-30H,6-7,14H2,(H,34,36). The largest absolute Gasteiger partial charge is 0.321 e. The number of hydrogen-bond donors (Lipinski definition) is 3. The Morgan fingerprint density at radius 3 is 2.61 bits per heavy atom. The van der Waals surface area contributed by atoms with Crippen LogP contribution in [-0.4, -0.2) is 39.5 Å². The first kappa shape index (κ1) is 23.0. The molecule has 0 saturated heterocycles. The monoisotopic (exact) mass is 475 g/mol. The van der Waals surface area contributed by atoms with Crippen LogP contribution in [0.15, 0.2) is 85.5 Å². The minimum absolute atomic E-state index is 0.199. The van der Waals surface area contributed by atoms with Gasteiger partial charge >= 0.3 is 0 Å². The first-order valence-corrected chi connectivity index (χ1v) is 11.7. The zero-order valence-electron chi connectivity index (χ0n) is 19.6. The van der Waals surface area contributed by atoms with E-state index in [-0.39, 0.29) is 18.3 Å². The molecule has 3 aromatic heterocycles. The van der Waals surface area contributed by atoms with Crippen LogP contribution in [-0.2, 0) is 0 Å². The summed E-state index contributed by atoms with van der Waals surface area (Å²) in [4.78, 5) is 27.6. The highest BCUT2D eigenvalue weighted by Gasteiger charge is 2.24. The summed E-state index contributed by atoms with van der Waals surface area (Å²) in [5, 5.41) is 19.1. The highest BCUT2D eigenvalue weighted by molar-refractivity contribution is 6.10. The lowest BCUT2D eigenvalue weighted by molar-refractivity contribution is 0.102. The number of amidine groups is 1. The second-order valence-corrected chi connectivity index (χ2v) is 8.59. The molecule has 1 saturated carbocycles. The van der Waals surface area contributed by atoms with Crippen molar-refractivity contribution >= 4 is 29.3 Å². The van der Waals surface area contributed by atoms with Crippen LogP contribution in [0.5, 0.6) is 0 Å². The topological polar surface area (TPSA) is 119 Å². The number of anilines is 2. The summed E-state index contributed by atoms with van der Waals surface area (Å²) in [6, 6.07) is 18.4. The molecular formula is C28H25N7O. The summed E-state index contributed by atoms with van der Waals surface area (Å²) in [5.41, 5.74) is 5.08. The van der Waals surface area contributed by atoms with Gasteiger partial charge in [0.1, 0.15) is 11.5 Å². The molecule has 1 aliphatic rings. The van der Waals surface area contributed by atoms with Gasteiger partial charge in [-0.15, -0.1) is 0 Å². The number of benzene rings is 1. The Kier molecular flexibility index (Phi) is 6.57. The summed E-state index contributed by atoms with van der Waals surface area (Å²) in [6.07, 6.45) is 10.4. The zero-order chi connectivity index (χ0) is 24.9. The molecule has 0 unspecified atom stereocenters. The quantitative estimate of drug-likeness (QED) is 0.241. The van der Waals surface area contributed by atoms with Crippen LogP contribution < -0.4 is 10.2 Å². The van der Waals surface area contributed by atoms with E-state index in [1.807, 2.05) is 24.4 Å². The Morgan fingerprint density at radius 1 is 1.00 bits per heavy atom. The second-order valence-electron chi connectivity index (χ2n) is 8.59. The van der Waals surface area contributed by atoms with Crippen LogP contribution in [0.4, 0.5) is 11.4 Å². The van der Waals surface area contributed by atoms with E-state index >= 15 is 0 Å². The summed E-state index contributed by atoms with van der Waals surface area (Å²) < 4.78 is 0. The number of nitrogens with one attached hydrogen (secondary N) is 3. The molecule has 5 rings (SSSR count). The zero-order valence-corrected chi connectivity index (χ0v) is 19.6. The van der Waals surface area contributed by atoms with Crippen LogP contribution >= 0.6 is 0 Å². The second kappa shape index (κ2) is 10.3. The fraction of sp³-hybridized carbons (Fsp3) is 0.143. The van der Waals surface area contributed by atoms with Crippen LogP contribution in [0.25, 0.3) is 11.1 Å². The lowest BCUT2D eigenvalue weighted by Crippen LogP contribution is -2.32. The molecule has 8 heteroatoms. The lowest BCUT2D eigenvalue weighted by Gasteiger charge is -2.23. The third-order valence-electron chi connectivity index (χ3n) is 6.00. The van der Waals surface area contributed by atoms with Crippen molar-refractivity contribution in [2.24, 2.45) is 0 Å². The van der Waals surface area contributed by atoms with E-state index in [2.05, 4.69) is 26.3 Å². The van der Waals surface area contributed by atoms with E-state index in [1.165, 1.54) is 19.1 Å². The van der Waals surface area contributed by atoms with Crippen molar-refractivity contribution in [2.75, 3.05) is 16.8 Å². The number of pyridine rings is 3. The maximum absolute atomic E-state index is 13.0. The van der Waals surface area contributed by atoms with Gasteiger partial charge in [-0.3, -0.25) is 25.2 Å². The fourth-order valence-electron chi connectivity index (χ4n) is 3.96. The molecule has 0 atom stereocenters. The number of carbonyl (C=O) groups is 1. The third kappa shape index (κ3) is 5.17. The summed E-state index contributed by atoms with van der Waals surface area (Å²) in [6.45, 7) is 0.230. The molecule has 36 heavy (non-hydrogen) atoms. The number of carbonyl (C=O) groups excluding carboxylic acids is 1. The maximum Gasteiger partial charge on any atom is 0.274 e. The van der Waals surface area contributed by atoms with E-state index < -0.39 is 0 Å². The van der Waals surface area contributed by atoms with Gasteiger partial charge in [0.15, 0.2) is 0 Å². The Balaban J connectivity index is 1.32. The SMILES string of the molecule is N=CCN(C(=N)c1cccc(NC(=O)c2cc(-c3ccc(C4CC4)nc3)ccn2)c1)c1cccnc1. The van der Waals surface area contributed by atoms with E-state index in [0.29, 0.717) is 28.6 Å². The summed E-state index contributed by atoms with van der Waals surface area (Å²) >= 11 is 0. The van der Waals surface area contributed by atoms with Gasteiger partial charge in [0.25, 0.3) is 5.91 Å². The average molecular weight is 476 g/mol. The summed E-state index contributed by atoms with van der Waals surface area (Å²) in [7, 11) is 0. The van der Waals surface area contributed by atoms with Gasteiger partial charge in [0, 0.05) is 53.2 Å². The molecule has 0 aliphatic heterocycles. The molecule has 0 spiro atoms. The van der Waals surface area contributed by atoms with Gasteiger partial charge in [-0.2, -0.15) is 0 Å². The molecule has 1 amide bonds. The highest BCUT2D eigenvalue weighted by atomic mass is 16.1. The number of nitrogens with zero attached hydrogens (tertiary/aromatic N) is 4. The average Bonchev–Trinajstić information content (AvgIpc) is 3.78. The Morgan fingerprint density at radius 2 is 1.89 bits per heavy atom. The molecule has 178 valence electrons. The number of aromatic nitrogens is 3. The molecule has 4 aromatic rings. The van der Waals surface area contributed by atoms with E-state index in [1.54, 1.807) is 59.9 Å². The van der Waals surface area contributed by atoms with Crippen molar-refractivity contribution < 1.29 is 4.79 Å². The van der Waals surface area contributed by atoms with Crippen molar-refractivity contribution in [1.82, 2.24) is 15.0 Å². The van der Waals surface area contributed by atoms with Crippen molar-refractivity contribution in [3.63, 3.8) is 0 Å². The minimum Gasteiger partial charge on any atom is -0.321 e.